The van der Waals surface area contributed by atoms with Gasteiger partial charge in [-0.05, 0) is 30.7 Å². The molecule has 0 aliphatic carbocycles. The molecular formula is C10H13N3O. The number of rotatable bonds is 2. The van der Waals surface area contributed by atoms with E-state index in [4.69, 9.17) is 16.7 Å². The van der Waals surface area contributed by atoms with E-state index in [0.717, 1.165) is 0 Å². The first-order chi connectivity index (χ1) is 6.56. The third-order valence-electron chi connectivity index (χ3n) is 2.09. The summed E-state index contributed by atoms with van der Waals surface area (Å²) in [7, 11) is 0. The van der Waals surface area contributed by atoms with Crippen LogP contribution in [0.5, 0.6) is 0 Å². The summed E-state index contributed by atoms with van der Waals surface area (Å²) in [6, 6.07) is 6.29. The van der Waals surface area contributed by atoms with Crippen LogP contribution in [0.15, 0.2) is 18.2 Å². The van der Waals surface area contributed by atoms with Crippen molar-refractivity contribution in [3.63, 3.8) is 0 Å². The number of aliphatic hydroxyl groups is 1. The van der Waals surface area contributed by atoms with Crippen LogP contribution in [0.1, 0.15) is 24.1 Å². The molecule has 0 heterocycles. The van der Waals surface area contributed by atoms with Gasteiger partial charge in [0.05, 0.1) is 23.8 Å². The molecule has 0 saturated carbocycles. The van der Waals surface area contributed by atoms with Crippen molar-refractivity contribution < 1.29 is 5.11 Å². The zero-order valence-corrected chi connectivity index (χ0v) is 7.94. The van der Waals surface area contributed by atoms with Gasteiger partial charge >= 0.3 is 0 Å². The molecule has 2 atom stereocenters. The lowest BCUT2D eigenvalue weighted by Gasteiger charge is -2.17. The highest BCUT2D eigenvalue weighted by molar-refractivity contribution is 5.52. The highest BCUT2D eigenvalue weighted by Crippen LogP contribution is 2.22. The molecule has 0 aromatic heterocycles. The molecule has 1 rings (SSSR count). The second-order valence-electron chi connectivity index (χ2n) is 3.22. The van der Waals surface area contributed by atoms with Crippen LogP contribution < -0.4 is 11.5 Å². The van der Waals surface area contributed by atoms with Crippen molar-refractivity contribution in [1.82, 2.24) is 0 Å². The first-order valence-electron chi connectivity index (χ1n) is 4.29. The Morgan fingerprint density at radius 1 is 1.50 bits per heavy atom. The van der Waals surface area contributed by atoms with Crippen LogP contribution in [0.25, 0.3) is 0 Å². The molecule has 0 radical (unpaired) electrons. The van der Waals surface area contributed by atoms with E-state index in [0.29, 0.717) is 16.8 Å². The second-order valence-corrected chi connectivity index (χ2v) is 3.22. The molecule has 4 heteroatoms. The Bertz CT molecular complexity index is 368. The summed E-state index contributed by atoms with van der Waals surface area (Å²) in [5, 5.41) is 18.0. The predicted molar refractivity (Wildman–Crippen MR) is 54.2 cm³/mol. The average Bonchev–Trinajstić information content (AvgIpc) is 2.17. The SMILES string of the molecule is CC(O)[C@@H](N)c1cc(C#N)ccc1N. The normalized spacial score (nSPS) is 14.4. The summed E-state index contributed by atoms with van der Waals surface area (Å²) in [5.41, 5.74) is 13.0. The van der Waals surface area contributed by atoms with Crippen LogP contribution in [0.4, 0.5) is 5.69 Å². The molecule has 0 aliphatic heterocycles. The highest BCUT2D eigenvalue weighted by Gasteiger charge is 2.15. The Hall–Kier alpha value is -1.57. The lowest BCUT2D eigenvalue weighted by molar-refractivity contribution is 0.164. The van der Waals surface area contributed by atoms with E-state index in [2.05, 4.69) is 0 Å². The van der Waals surface area contributed by atoms with Crippen molar-refractivity contribution >= 4 is 5.69 Å². The quantitative estimate of drug-likeness (QED) is 0.594. The zero-order valence-electron chi connectivity index (χ0n) is 7.94. The van der Waals surface area contributed by atoms with Gasteiger partial charge < -0.3 is 16.6 Å². The molecule has 0 saturated heterocycles. The summed E-state index contributed by atoms with van der Waals surface area (Å²) in [6.45, 7) is 1.59. The molecular weight excluding hydrogens is 178 g/mol. The monoisotopic (exact) mass is 191 g/mol. The van der Waals surface area contributed by atoms with Gasteiger partial charge in [-0.25, -0.2) is 0 Å². The van der Waals surface area contributed by atoms with E-state index >= 15 is 0 Å². The number of hydrogen-bond donors (Lipinski definition) is 3. The number of hydrogen-bond acceptors (Lipinski definition) is 4. The minimum atomic E-state index is -0.689. The largest absolute Gasteiger partial charge is 0.398 e. The summed E-state index contributed by atoms with van der Waals surface area (Å²) >= 11 is 0. The molecule has 0 spiro atoms. The van der Waals surface area contributed by atoms with Gasteiger partial charge in [0.1, 0.15) is 0 Å². The molecule has 0 fully saturated rings. The van der Waals surface area contributed by atoms with E-state index in [9.17, 15) is 5.11 Å². The van der Waals surface area contributed by atoms with Crippen LogP contribution in [0, 0.1) is 11.3 Å². The smallest absolute Gasteiger partial charge is 0.0991 e. The van der Waals surface area contributed by atoms with Gasteiger partial charge in [0.25, 0.3) is 0 Å². The summed E-state index contributed by atoms with van der Waals surface area (Å²) in [4.78, 5) is 0. The van der Waals surface area contributed by atoms with Gasteiger partial charge in [0.2, 0.25) is 0 Å². The van der Waals surface area contributed by atoms with Gasteiger partial charge in [-0.1, -0.05) is 0 Å². The first kappa shape index (κ1) is 10.5. The standard InChI is InChI=1S/C10H13N3O/c1-6(14)10(13)8-4-7(5-11)2-3-9(8)12/h2-4,6,10,14H,12-13H2,1H3/t6?,10-/m1/s1. The molecule has 14 heavy (non-hydrogen) atoms. The number of nitrogen functional groups attached to an aromatic ring is 1. The summed E-state index contributed by atoms with van der Waals surface area (Å²) in [6.07, 6.45) is -0.689. The van der Waals surface area contributed by atoms with E-state index in [1.54, 1.807) is 25.1 Å². The van der Waals surface area contributed by atoms with Crippen molar-refractivity contribution in [2.24, 2.45) is 5.73 Å². The van der Waals surface area contributed by atoms with Crippen molar-refractivity contribution in [3.05, 3.63) is 29.3 Å². The fourth-order valence-corrected chi connectivity index (χ4v) is 1.19. The molecule has 0 aliphatic rings. The molecule has 1 aromatic carbocycles. The minimum absolute atomic E-state index is 0.491. The van der Waals surface area contributed by atoms with Gasteiger partial charge in [-0.15, -0.1) is 0 Å². The fourth-order valence-electron chi connectivity index (χ4n) is 1.19. The Labute approximate surface area is 82.8 Å². The minimum Gasteiger partial charge on any atom is -0.398 e. The number of nitrogens with zero attached hydrogens (tertiary/aromatic N) is 1. The number of nitrogens with two attached hydrogens (primary N) is 2. The molecule has 0 amide bonds. The lowest BCUT2D eigenvalue weighted by Crippen LogP contribution is -2.24. The summed E-state index contributed by atoms with van der Waals surface area (Å²) < 4.78 is 0. The highest BCUT2D eigenvalue weighted by atomic mass is 16.3. The van der Waals surface area contributed by atoms with E-state index in [1.807, 2.05) is 6.07 Å². The van der Waals surface area contributed by atoms with Crippen molar-refractivity contribution in [2.45, 2.75) is 19.1 Å². The first-order valence-corrected chi connectivity index (χ1v) is 4.29. The third kappa shape index (κ3) is 2.02. The maximum absolute atomic E-state index is 9.30. The van der Waals surface area contributed by atoms with Crippen LogP contribution >= 0.6 is 0 Å². The Balaban J connectivity index is 3.13. The summed E-state index contributed by atoms with van der Waals surface area (Å²) in [5.74, 6) is 0. The van der Waals surface area contributed by atoms with Crippen LogP contribution in [0.2, 0.25) is 0 Å². The number of aliphatic hydroxyl groups excluding tert-OH is 1. The van der Waals surface area contributed by atoms with Crippen LogP contribution in [0.3, 0.4) is 0 Å². The molecule has 5 N–H and O–H groups in total. The second kappa shape index (κ2) is 4.09. The van der Waals surface area contributed by atoms with Crippen LogP contribution in [-0.4, -0.2) is 11.2 Å². The average molecular weight is 191 g/mol. The maximum atomic E-state index is 9.30. The number of benzene rings is 1. The van der Waals surface area contributed by atoms with Crippen molar-refractivity contribution in [3.8, 4) is 6.07 Å². The van der Waals surface area contributed by atoms with E-state index in [1.165, 1.54) is 0 Å². The Morgan fingerprint density at radius 3 is 2.64 bits per heavy atom. The molecule has 0 bridgehead atoms. The fraction of sp³-hybridized carbons (Fsp3) is 0.300. The molecule has 1 aromatic rings. The van der Waals surface area contributed by atoms with E-state index in [-0.39, 0.29) is 0 Å². The van der Waals surface area contributed by atoms with Crippen molar-refractivity contribution in [2.75, 3.05) is 5.73 Å². The Morgan fingerprint density at radius 2 is 2.14 bits per heavy atom. The lowest BCUT2D eigenvalue weighted by atomic mass is 9.99. The van der Waals surface area contributed by atoms with Gasteiger partial charge in [-0.3, -0.25) is 0 Å². The van der Waals surface area contributed by atoms with Crippen molar-refractivity contribution in [1.29, 1.82) is 5.26 Å². The van der Waals surface area contributed by atoms with Crippen LogP contribution in [-0.2, 0) is 0 Å². The third-order valence-corrected chi connectivity index (χ3v) is 2.09. The zero-order chi connectivity index (χ0) is 10.7. The number of anilines is 1. The van der Waals surface area contributed by atoms with Gasteiger partial charge in [0.15, 0.2) is 0 Å². The van der Waals surface area contributed by atoms with Gasteiger partial charge in [-0.2, -0.15) is 5.26 Å². The molecule has 4 nitrogen and oxygen atoms in total. The predicted octanol–water partition coefficient (Wildman–Crippen LogP) is 0.521. The molecule has 1 unspecified atom stereocenters. The van der Waals surface area contributed by atoms with Gasteiger partial charge in [0, 0.05) is 5.69 Å². The topological polar surface area (TPSA) is 96.1 Å². The maximum Gasteiger partial charge on any atom is 0.0991 e. The number of nitriles is 1. The van der Waals surface area contributed by atoms with E-state index < -0.39 is 12.1 Å². The Kier molecular flexibility index (Phi) is 3.07. The molecule has 74 valence electrons.